The molecule has 0 atom stereocenters. The molecule has 0 unspecified atom stereocenters. The summed E-state index contributed by atoms with van der Waals surface area (Å²) in [6.07, 6.45) is 10.2. The summed E-state index contributed by atoms with van der Waals surface area (Å²) in [5.74, 6) is 0.834. The molecule has 0 aromatic heterocycles. The van der Waals surface area contributed by atoms with Gasteiger partial charge in [0, 0.05) is 25.7 Å². The molecule has 2 nitrogen and oxygen atoms in total. The van der Waals surface area contributed by atoms with E-state index >= 15 is 0 Å². The molecule has 0 heterocycles. The predicted octanol–water partition coefficient (Wildman–Crippen LogP) is 3.43. The van der Waals surface area contributed by atoms with Crippen LogP contribution in [-0.2, 0) is 9.59 Å². The van der Waals surface area contributed by atoms with Crippen LogP contribution in [0.2, 0.25) is 0 Å². The van der Waals surface area contributed by atoms with Gasteiger partial charge in [-0.25, -0.2) is 0 Å². The molecule has 1 fully saturated rings. The minimum Gasteiger partial charge on any atom is -0.300 e. The van der Waals surface area contributed by atoms with Gasteiger partial charge in [0.2, 0.25) is 0 Å². The normalized spacial score (nSPS) is 22.7. The molecule has 0 aromatic carbocycles. The fourth-order valence-electron chi connectivity index (χ4n) is 2.07. The topological polar surface area (TPSA) is 34.1 Å². The van der Waals surface area contributed by atoms with Gasteiger partial charge in [0.05, 0.1) is 0 Å². The molecule has 0 amide bonds. The van der Waals surface area contributed by atoms with Crippen LogP contribution in [0.5, 0.6) is 0 Å². The summed E-state index contributed by atoms with van der Waals surface area (Å²) in [5.41, 5.74) is 0. The average molecular weight is 210 g/mol. The van der Waals surface area contributed by atoms with E-state index in [1.807, 2.05) is 0 Å². The Morgan fingerprint density at radius 2 is 0.733 bits per heavy atom. The fourth-order valence-corrected chi connectivity index (χ4v) is 2.07. The van der Waals surface area contributed by atoms with Crippen LogP contribution in [0.1, 0.15) is 70.6 Å². The predicted molar refractivity (Wildman–Crippen MR) is 60.8 cm³/mol. The standard InChI is InChI=1S/C13H22O2/c14-12-8-4-1-2-5-9-13(15)11-7-3-6-10-12/h1-11H2. The van der Waals surface area contributed by atoms with E-state index < -0.39 is 0 Å². The van der Waals surface area contributed by atoms with E-state index in [1.165, 1.54) is 0 Å². The van der Waals surface area contributed by atoms with Crippen LogP contribution in [-0.4, -0.2) is 11.6 Å². The molecular weight excluding hydrogens is 188 g/mol. The zero-order valence-electron chi connectivity index (χ0n) is 9.59. The van der Waals surface area contributed by atoms with Crippen molar-refractivity contribution in [2.24, 2.45) is 0 Å². The number of hydrogen-bond acceptors (Lipinski definition) is 2. The van der Waals surface area contributed by atoms with Crippen LogP contribution < -0.4 is 0 Å². The van der Waals surface area contributed by atoms with Crippen LogP contribution in [0.3, 0.4) is 0 Å². The van der Waals surface area contributed by atoms with Crippen molar-refractivity contribution in [2.75, 3.05) is 0 Å². The molecule has 1 aliphatic rings. The first kappa shape index (κ1) is 12.4. The third-order valence-corrected chi connectivity index (χ3v) is 3.07. The Bertz CT molecular complexity index is 187. The van der Waals surface area contributed by atoms with E-state index in [9.17, 15) is 9.59 Å². The Balaban J connectivity index is 2.26. The molecule has 1 saturated carbocycles. The molecule has 0 bridgehead atoms. The van der Waals surface area contributed by atoms with Gasteiger partial charge in [-0.2, -0.15) is 0 Å². The highest BCUT2D eigenvalue weighted by atomic mass is 16.1. The largest absolute Gasteiger partial charge is 0.300 e. The molecule has 0 saturated heterocycles. The number of hydrogen-bond donors (Lipinski definition) is 0. The zero-order valence-corrected chi connectivity index (χ0v) is 9.59. The van der Waals surface area contributed by atoms with Crippen molar-refractivity contribution in [3.05, 3.63) is 0 Å². The lowest BCUT2D eigenvalue weighted by Gasteiger charge is -1.99. The van der Waals surface area contributed by atoms with Crippen molar-refractivity contribution in [3.8, 4) is 0 Å². The number of rotatable bonds is 0. The molecule has 0 aromatic rings. The smallest absolute Gasteiger partial charge is 0.132 e. The first-order chi connectivity index (χ1) is 7.29. The van der Waals surface area contributed by atoms with E-state index in [2.05, 4.69) is 0 Å². The summed E-state index contributed by atoms with van der Waals surface area (Å²) in [6.45, 7) is 0. The highest BCUT2D eigenvalue weighted by Crippen LogP contribution is 2.13. The van der Waals surface area contributed by atoms with E-state index in [4.69, 9.17) is 0 Å². The van der Waals surface area contributed by atoms with Gasteiger partial charge in [0.1, 0.15) is 11.6 Å². The average Bonchev–Trinajstić information content (AvgIpc) is 2.23. The van der Waals surface area contributed by atoms with Gasteiger partial charge in [-0.15, -0.1) is 0 Å². The number of carbonyl (C=O) groups excluding carboxylic acids is 2. The molecule has 1 aliphatic carbocycles. The van der Waals surface area contributed by atoms with Gasteiger partial charge in [0.25, 0.3) is 0 Å². The van der Waals surface area contributed by atoms with Crippen molar-refractivity contribution in [2.45, 2.75) is 70.6 Å². The zero-order chi connectivity index (χ0) is 10.9. The third kappa shape index (κ3) is 6.43. The van der Waals surface area contributed by atoms with Crippen LogP contribution in [0, 0.1) is 0 Å². The molecule has 15 heavy (non-hydrogen) atoms. The fraction of sp³-hybridized carbons (Fsp3) is 0.846. The maximum absolute atomic E-state index is 11.4. The van der Waals surface area contributed by atoms with Crippen molar-refractivity contribution in [1.29, 1.82) is 0 Å². The molecule has 86 valence electrons. The maximum atomic E-state index is 11.4. The maximum Gasteiger partial charge on any atom is 0.132 e. The lowest BCUT2D eigenvalue weighted by atomic mass is 10.1. The first-order valence-electron chi connectivity index (χ1n) is 6.32. The van der Waals surface area contributed by atoms with E-state index in [0.29, 0.717) is 11.6 Å². The number of carbonyl (C=O) groups is 2. The van der Waals surface area contributed by atoms with Gasteiger partial charge in [-0.1, -0.05) is 19.3 Å². The molecule has 1 rings (SSSR count). The van der Waals surface area contributed by atoms with Crippen molar-refractivity contribution >= 4 is 11.6 Å². The summed E-state index contributed by atoms with van der Waals surface area (Å²) in [6, 6.07) is 0. The summed E-state index contributed by atoms with van der Waals surface area (Å²) in [5, 5.41) is 0. The van der Waals surface area contributed by atoms with Gasteiger partial charge < -0.3 is 0 Å². The summed E-state index contributed by atoms with van der Waals surface area (Å²) in [7, 11) is 0. The van der Waals surface area contributed by atoms with Crippen molar-refractivity contribution in [1.82, 2.24) is 0 Å². The highest BCUT2D eigenvalue weighted by molar-refractivity contribution is 5.78. The minimum atomic E-state index is 0.417. The number of ketones is 2. The van der Waals surface area contributed by atoms with Crippen LogP contribution >= 0.6 is 0 Å². The van der Waals surface area contributed by atoms with Gasteiger partial charge in [-0.05, 0) is 25.7 Å². The first-order valence-corrected chi connectivity index (χ1v) is 6.32. The second-order valence-electron chi connectivity index (χ2n) is 4.55. The Morgan fingerprint density at radius 1 is 0.467 bits per heavy atom. The second-order valence-corrected chi connectivity index (χ2v) is 4.55. The van der Waals surface area contributed by atoms with Crippen molar-refractivity contribution < 1.29 is 9.59 Å². The number of Topliss-reactive ketones (excluding diaryl/α,β-unsaturated/α-hetero) is 2. The van der Waals surface area contributed by atoms with E-state index in [1.54, 1.807) is 0 Å². The van der Waals surface area contributed by atoms with Gasteiger partial charge >= 0.3 is 0 Å². The minimum absolute atomic E-state index is 0.417. The van der Waals surface area contributed by atoms with Crippen molar-refractivity contribution in [3.63, 3.8) is 0 Å². The molecule has 0 spiro atoms. The lowest BCUT2D eigenvalue weighted by molar-refractivity contribution is -0.119. The molecule has 0 N–H and O–H groups in total. The Kier molecular flexibility index (Phi) is 6.29. The Labute approximate surface area is 92.4 Å². The Morgan fingerprint density at radius 3 is 1.07 bits per heavy atom. The van der Waals surface area contributed by atoms with Gasteiger partial charge in [-0.3, -0.25) is 9.59 Å². The monoisotopic (exact) mass is 210 g/mol. The SMILES string of the molecule is O=C1CCCCCCC(=O)CCCCC1. The quantitative estimate of drug-likeness (QED) is 0.614. The Hall–Kier alpha value is -0.660. The lowest BCUT2D eigenvalue weighted by Crippen LogP contribution is -1.98. The summed E-state index contributed by atoms with van der Waals surface area (Å²) >= 11 is 0. The molecule has 2 heteroatoms. The van der Waals surface area contributed by atoms with Crippen LogP contribution in [0.25, 0.3) is 0 Å². The van der Waals surface area contributed by atoms with Crippen LogP contribution in [0.15, 0.2) is 0 Å². The third-order valence-electron chi connectivity index (χ3n) is 3.07. The molecular formula is C13H22O2. The van der Waals surface area contributed by atoms with E-state index in [-0.39, 0.29) is 0 Å². The highest BCUT2D eigenvalue weighted by Gasteiger charge is 2.06. The second kappa shape index (κ2) is 7.61. The van der Waals surface area contributed by atoms with Gasteiger partial charge in [0.15, 0.2) is 0 Å². The van der Waals surface area contributed by atoms with Crippen LogP contribution in [0.4, 0.5) is 0 Å². The molecule has 0 radical (unpaired) electrons. The summed E-state index contributed by atoms with van der Waals surface area (Å²) < 4.78 is 0. The summed E-state index contributed by atoms with van der Waals surface area (Å²) in [4.78, 5) is 22.8. The van der Waals surface area contributed by atoms with E-state index in [0.717, 1.165) is 70.6 Å². The molecule has 0 aliphatic heterocycles.